The predicted octanol–water partition coefficient (Wildman–Crippen LogP) is 8.82. The highest BCUT2D eigenvalue weighted by Crippen LogP contribution is 2.35. The van der Waals surface area contributed by atoms with Crippen LogP contribution in [0.15, 0.2) is 36.4 Å². The third kappa shape index (κ3) is 6.09. The Labute approximate surface area is 168 Å². The lowest BCUT2D eigenvalue weighted by molar-refractivity contribution is 0.423. The molecule has 0 heterocycles. The Morgan fingerprint density at radius 1 is 0.704 bits per heavy atom. The van der Waals surface area contributed by atoms with Crippen molar-refractivity contribution in [1.29, 1.82) is 0 Å². The molecule has 1 aromatic carbocycles. The molecule has 0 spiro atoms. The molecule has 0 amide bonds. The number of unbranched alkanes of at least 4 members (excludes halogenated alkanes) is 4. The number of rotatable bonds is 9. The lowest BCUT2D eigenvalue weighted by atomic mass is 9.82. The molecule has 27 heavy (non-hydrogen) atoms. The molecule has 2 aliphatic carbocycles. The van der Waals surface area contributed by atoms with Crippen LogP contribution in [0.3, 0.4) is 0 Å². The Morgan fingerprint density at radius 3 is 1.74 bits per heavy atom. The molecule has 0 radical (unpaired) electrons. The minimum absolute atomic E-state index is 0.917. The van der Waals surface area contributed by atoms with Gasteiger partial charge in [-0.15, -0.1) is 0 Å². The van der Waals surface area contributed by atoms with Crippen molar-refractivity contribution in [2.45, 2.75) is 97.3 Å². The van der Waals surface area contributed by atoms with Crippen molar-refractivity contribution in [2.75, 3.05) is 0 Å². The van der Waals surface area contributed by atoms with E-state index in [1.807, 2.05) is 0 Å². The lowest BCUT2D eigenvalue weighted by Crippen LogP contribution is -2.06. The SMILES string of the molecule is CCCCCCCC1CC=C(c2ccc(C3=CCC(CC)CC3)cc2)CC1. The van der Waals surface area contributed by atoms with Crippen molar-refractivity contribution < 1.29 is 0 Å². The zero-order valence-electron chi connectivity index (χ0n) is 17.8. The first kappa shape index (κ1) is 20.4. The first-order valence-corrected chi connectivity index (χ1v) is 11.8. The molecule has 0 saturated heterocycles. The molecule has 0 heteroatoms. The van der Waals surface area contributed by atoms with Gasteiger partial charge < -0.3 is 0 Å². The molecule has 2 atom stereocenters. The second-order valence-electron chi connectivity index (χ2n) is 8.93. The van der Waals surface area contributed by atoms with Crippen molar-refractivity contribution >= 4 is 11.1 Å². The molecule has 2 aliphatic rings. The van der Waals surface area contributed by atoms with E-state index in [0.29, 0.717) is 0 Å². The van der Waals surface area contributed by atoms with Gasteiger partial charge in [0.15, 0.2) is 0 Å². The second kappa shape index (κ2) is 10.9. The second-order valence-corrected chi connectivity index (χ2v) is 8.93. The number of hydrogen-bond donors (Lipinski definition) is 0. The van der Waals surface area contributed by atoms with E-state index in [9.17, 15) is 0 Å². The van der Waals surface area contributed by atoms with Gasteiger partial charge in [0.1, 0.15) is 0 Å². The molecule has 1 aromatic rings. The van der Waals surface area contributed by atoms with Gasteiger partial charge in [-0.3, -0.25) is 0 Å². The highest BCUT2D eigenvalue weighted by Gasteiger charge is 2.16. The van der Waals surface area contributed by atoms with Crippen LogP contribution in [-0.2, 0) is 0 Å². The average molecular weight is 365 g/mol. The molecule has 0 aliphatic heterocycles. The minimum atomic E-state index is 0.917. The van der Waals surface area contributed by atoms with Crippen molar-refractivity contribution in [3.05, 3.63) is 47.5 Å². The van der Waals surface area contributed by atoms with Crippen molar-refractivity contribution in [2.24, 2.45) is 11.8 Å². The summed E-state index contributed by atoms with van der Waals surface area (Å²) < 4.78 is 0. The van der Waals surface area contributed by atoms with Crippen molar-refractivity contribution in [1.82, 2.24) is 0 Å². The summed E-state index contributed by atoms with van der Waals surface area (Å²) in [6.45, 7) is 4.63. The van der Waals surface area contributed by atoms with Gasteiger partial charge in [0.2, 0.25) is 0 Å². The Kier molecular flexibility index (Phi) is 8.24. The van der Waals surface area contributed by atoms with E-state index in [-0.39, 0.29) is 0 Å². The van der Waals surface area contributed by atoms with E-state index in [4.69, 9.17) is 0 Å². The van der Waals surface area contributed by atoms with Gasteiger partial charge in [-0.1, -0.05) is 95.2 Å². The molecular weight excluding hydrogens is 324 g/mol. The molecule has 0 bridgehead atoms. The fraction of sp³-hybridized carbons (Fsp3) is 0.630. The summed E-state index contributed by atoms with van der Waals surface area (Å²) in [7, 11) is 0. The Balaban J connectivity index is 1.49. The summed E-state index contributed by atoms with van der Waals surface area (Å²) in [5, 5.41) is 0. The van der Waals surface area contributed by atoms with E-state index < -0.39 is 0 Å². The first-order valence-electron chi connectivity index (χ1n) is 11.8. The molecule has 0 saturated carbocycles. The highest BCUT2D eigenvalue weighted by atomic mass is 14.2. The quantitative estimate of drug-likeness (QED) is 0.384. The van der Waals surface area contributed by atoms with Crippen molar-refractivity contribution in [3.8, 4) is 0 Å². The number of benzene rings is 1. The van der Waals surface area contributed by atoms with E-state index >= 15 is 0 Å². The van der Waals surface area contributed by atoms with Gasteiger partial charge in [-0.25, -0.2) is 0 Å². The molecule has 2 unspecified atom stereocenters. The Morgan fingerprint density at radius 2 is 1.26 bits per heavy atom. The summed E-state index contributed by atoms with van der Waals surface area (Å²) in [5.74, 6) is 1.86. The third-order valence-corrected chi connectivity index (χ3v) is 6.96. The molecule has 0 nitrogen and oxygen atoms in total. The monoisotopic (exact) mass is 364 g/mol. The van der Waals surface area contributed by atoms with Gasteiger partial charge in [0, 0.05) is 0 Å². The minimum Gasteiger partial charge on any atom is -0.0804 e. The van der Waals surface area contributed by atoms with Crippen LogP contribution in [0.5, 0.6) is 0 Å². The van der Waals surface area contributed by atoms with Gasteiger partial charge in [-0.2, -0.15) is 0 Å². The van der Waals surface area contributed by atoms with Crippen LogP contribution in [0, 0.1) is 11.8 Å². The Hall–Kier alpha value is -1.30. The summed E-state index contributed by atoms with van der Waals surface area (Å²) >= 11 is 0. The van der Waals surface area contributed by atoms with E-state index in [1.54, 1.807) is 11.1 Å². The van der Waals surface area contributed by atoms with Gasteiger partial charge in [0.05, 0.1) is 0 Å². The normalized spacial score (nSPS) is 23.0. The van der Waals surface area contributed by atoms with E-state index in [2.05, 4.69) is 50.3 Å². The molecular formula is C27H40. The first-order chi connectivity index (χ1) is 13.3. The van der Waals surface area contributed by atoms with Crippen molar-refractivity contribution in [3.63, 3.8) is 0 Å². The van der Waals surface area contributed by atoms with E-state index in [1.165, 1.54) is 94.6 Å². The van der Waals surface area contributed by atoms with Gasteiger partial charge >= 0.3 is 0 Å². The molecule has 0 N–H and O–H groups in total. The predicted molar refractivity (Wildman–Crippen MR) is 121 cm³/mol. The lowest BCUT2D eigenvalue weighted by Gasteiger charge is -2.23. The fourth-order valence-electron chi connectivity index (χ4n) is 4.87. The van der Waals surface area contributed by atoms with Crippen LogP contribution in [0.25, 0.3) is 11.1 Å². The third-order valence-electron chi connectivity index (χ3n) is 6.96. The zero-order valence-corrected chi connectivity index (χ0v) is 17.8. The summed E-state index contributed by atoms with van der Waals surface area (Å²) in [6.07, 6.45) is 22.8. The largest absolute Gasteiger partial charge is 0.0804 e. The van der Waals surface area contributed by atoms with Crippen LogP contribution < -0.4 is 0 Å². The van der Waals surface area contributed by atoms with Gasteiger partial charge in [-0.05, 0) is 72.6 Å². The summed E-state index contributed by atoms with van der Waals surface area (Å²) in [5.41, 5.74) is 6.08. The standard InChI is InChI=1S/C27H40/c1-3-5-6-7-8-9-23-12-16-25(17-13-23)27-20-18-26(19-21-27)24-14-10-22(4-2)11-15-24/h14,16,18-23H,3-13,15,17H2,1-2H3. The average Bonchev–Trinajstić information content (AvgIpc) is 2.74. The highest BCUT2D eigenvalue weighted by molar-refractivity contribution is 5.71. The number of allylic oxidation sites excluding steroid dienone is 4. The topological polar surface area (TPSA) is 0 Å². The summed E-state index contributed by atoms with van der Waals surface area (Å²) in [4.78, 5) is 0. The maximum absolute atomic E-state index is 2.54. The number of hydrogen-bond acceptors (Lipinski definition) is 0. The van der Waals surface area contributed by atoms with Crippen LogP contribution in [0.2, 0.25) is 0 Å². The molecule has 0 fully saturated rings. The van der Waals surface area contributed by atoms with Gasteiger partial charge in [0.25, 0.3) is 0 Å². The zero-order chi connectivity index (χ0) is 18.9. The van der Waals surface area contributed by atoms with Crippen LogP contribution in [0.4, 0.5) is 0 Å². The maximum Gasteiger partial charge on any atom is -0.0227 e. The molecule has 0 aromatic heterocycles. The van der Waals surface area contributed by atoms with Crippen LogP contribution in [0.1, 0.15) is 108 Å². The van der Waals surface area contributed by atoms with E-state index in [0.717, 1.165) is 11.8 Å². The van der Waals surface area contributed by atoms with Crippen LogP contribution in [-0.4, -0.2) is 0 Å². The smallest absolute Gasteiger partial charge is 0.0227 e. The Bertz CT molecular complexity index is 616. The molecule has 3 rings (SSSR count). The van der Waals surface area contributed by atoms with Crippen LogP contribution >= 0.6 is 0 Å². The summed E-state index contributed by atoms with van der Waals surface area (Å²) in [6, 6.07) is 9.49. The maximum atomic E-state index is 2.54. The fourth-order valence-corrected chi connectivity index (χ4v) is 4.87. The molecule has 148 valence electrons.